The Morgan fingerprint density at radius 2 is 2.19 bits per heavy atom. The molecule has 0 aliphatic carbocycles. The van der Waals surface area contributed by atoms with E-state index in [2.05, 4.69) is 25.3 Å². The molecule has 32 heavy (non-hydrogen) atoms. The molecule has 0 spiro atoms. The minimum Gasteiger partial charge on any atom is -0.444 e. The summed E-state index contributed by atoms with van der Waals surface area (Å²) in [5.41, 5.74) is 0.799. The highest BCUT2D eigenvalue weighted by molar-refractivity contribution is 6.31. The lowest BCUT2D eigenvalue weighted by Crippen LogP contribution is -2.44. The molecule has 8 nitrogen and oxygen atoms in total. The van der Waals surface area contributed by atoms with E-state index in [4.69, 9.17) is 16.3 Å². The van der Waals surface area contributed by atoms with E-state index < -0.39 is 11.4 Å². The monoisotopic (exact) mass is 460 g/mol. The highest BCUT2D eigenvalue weighted by Gasteiger charge is 2.27. The zero-order valence-corrected chi connectivity index (χ0v) is 19.0. The van der Waals surface area contributed by atoms with Gasteiger partial charge in [0.1, 0.15) is 11.2 Å². The number of pyridine rings is 1. The van der Waals surface area contributed by atoms with Gasteiger partial charge in [-0.05, 0) is 45.6 Å². The number of rotatable bonds is 4. The Bertz CT molecular complexity index is 1130. The molecule has 10 heteroatoms. The predicted molar refractivity (Wildman–Crippen MR) is 121 cm³/mol. The third kappa shape index (κ3) is 5.09. The van der Waals surface area contributed by atoms with Gasteiger partial charge in [0.2, 0.25) is 0 Å². The predicted octanol–water partition coefficient (Wildman–Crippen LogP) is 4.87. The number of likely N-dealkylation sites (tertiary alicyclic amines) is 1. The molecule has 1 aliphatic heterocycles. The third-order valence-electron chi connectivity index (χ3n) is 5.21. The number of aromatic amines is 1. The van der Waals surface area contributed by atoms with Gasteiger partial charge in [-0.2, -0.15) is 0 Å². The molecule has 0 radical (unpaired) electrons. The average molecular weight is 461 g/mol. The second-order valence-electron chi connectivity index (χ2n) is 8.96. The number of aromatic nitrogens is 4. The lowest BCUT2D eigenvalue weighted by atomic mass is 9.98. The van der Waals surface area contributed by atoms with E-state index in [1.54, 1.807) is 23.4 Å². The second-order valence-corrected chi connectivity index (χ2v) is 9.39. The molecule has 1 aliphatic rings. The number of piperidine rings is 1. The van der Waals surface area contributed by atoms with Crippen molar-refractivity contribution in [1.29, 1.82) is 0 Å². The zero-order valence-electron chi connectivity index (χ0n) is 18.3. The molecule has 4 rings (SSSR count). The summed E-state index contributed by atoms with van der Waals surface area (Å²) in [6, 6.07) is 1.77. The molecule has 0 aromatic carbocycles. The summed E-state index contributed by atoms with van der Waals surface area (Å²) in [5, 5.41) is 4.35. The van der Waals surface area contributed by atoms with Crippen LogP contribution < -0.4 is 5.32 Å². The van der Waals surface area contributed by atoms with Crippen LogP contribution in [0.15, 0.2) is 24.7 Å². The number of nitrogens with one attached hydrogen (secondary N) is 2. The minimum absolute atomic E-state index is 0.119. The maximum absolute atomic E-state index is 14.4. The van der Waals surface area contributed by atoms with Gasteiger partial charge in [-0.25, -0.2) is 24.1 Å². The van der Waals surface area contributed by atoms with E-state index in [0.717, 1.165) is 24.4 Å². The maximum Gasteiger partial charge on any atom is 0.410 e. The Balaban J connectivity index is 1.46. The van der Waals surface area contributed by atoms with E-state index in [1.165, 1.54) is 0 Å². The van der Waals surface area contributed by atoms with Crippen molar-refractivity contribution in [3.63, 3.8) is 0 Å². The smallest absolute Gasteiger partial charge is 0.410 e. The number of carbonyl (C=O) groups excluding carboxylic acids is 1. The lowest BCUT2D eigenvalue weighted by molar-refractivity contribution is 0.0172. The van der Waals surface area contributed by atoms with E-state index in [1.807, 2.05) is 20.8 Å². The number of amides is 1. The summed E-state index contributed by atoms with van der Waals surface area (Å²) in [7, 11) is 0. The molecule has 170 valence electrons. The van der Waals surface area contributed by atoms with Gasteiger partial charge in [0.25, 0.3) is 0 Å². The van der Waals surface area contributed by atoms with Gasteiger partial charge in [-0.3, -0.25) is 0 Å². The standard InChI is InChI=1S/C22H26ClFN6O2/c1-22(2,3)32-21(31)30-6-4-5-13(12-30)8-25-20-17(24)11-28-19(29-20)16-10-27-18-15(16)7-14(23)9-26-18/h7,9-11,13H,4-6,8,12H2,1-3H3,(H,26,27)(H,25,28,29)/t13-/m1/s1. The molecule has 3 aromatic heterocycles. The fourth-order valence-corrected chi connectivity index (χ4v) is 3.91. The Hall–Kier alpha value is -2.94. The van der Waals surface area contributed by atoms with Gasteiger partial charge in [-0.15, -0.1) is 0 Å². The van der Waals surface area contributed by atoms with Crippen LogP contribution >= 0.6 is 11.6 Å². The van der Waals surface area contributed by atoms with Gasteiger partial charge in [-0.1, -0.05) is 11.6 Å². The number of nitrogens with zero attached hydrogens (tertiary/aromatic N) is 4. The van der Waals surface area contributed by atoms with Crippen molar-refractivity contribution >= 4 is 34.5 Å². The van der Waals surface area contributed by atoms with Gasteiger partial charge >= 0.3 is 6.09 Å². The summed E-state index contributed by atoms with van der Waals surface area (Å²) in [6.07, 6.45) is 5.91. The normalized spacial score (nSPS) is 16.9. The topological polar surface area (TPSA) is 96.0 Å². The number of halogens is 2. The van der Waals surface area contributed by atoms with Gasteiger partial charge in [0.15, 0.2) is 17.5 Å². The van der Waals surface area contributed by atoms with Crippen molar-refractivity contribution in [3.05, 3.63) is 35.5 Å². The van der Waals surface area contributed by atoms with Crippen LogP contribution in [0.5, 0.6) is 0 Å². The average Bonchev–Trinajstić information content (AvgIpc) is 3.15. The Morgan fingerprint density at radius 3 is 2.97 bits per heavy atom. The molecule has 1 atom stereocenters. The first-order chi connectivity index (χ1) is 15.2. The molecule has 1 amide bonds. The molecule has 0 saturated carbocycles. The van der Waals surface area contributed by atoms with Gasteiger partial charge in [0.05, 0.1) is 11.2 Å². The maximum atomic E-state index is 14.4. The van der Waals surface area contributed by atoms with E-state index in [9.17, 15) is 9.18 Å². The molecular formula is C22H26ClFN6O2. The Morgan fingerprint density at radius 1 is 1.38 bits per heavy atom. The van der Waals surface area contributed by atoms with Crippen molar-refractivity contribution < 1.29 is 13.9 Å². The van der Waals surface area contributed by atoms with Crippen LogP contribution in [-0.4, -0.2) is 56.2 Å². The molecule has 1 saturated heterocycles. The number of carbonyl (C=O) groups is 1. The van der Waals surface area contributed by atoms with Crippen molar-refractivity contribution in [2.45, 2.75) is 39.2 Å². The molecule has 2 N–H and O–H groups in total. The molecule has 0 unspecified atom stereocenters. The van der Waals surface area contributed by atoms with Crippen molar-refractivity contribution in [3.8, 4) is 11.4 Å². The van der Waals surface area contributed by atoms with Crippen LogP contribution in [0.25, 0.3) is 22.4 Å². The lowest BCUT2D eigenvalue weighted by Gasteiger charge is -2.34. The van der Waals surface area contributed by atoms with Crippen LogP contribution in [0.1, 0.15) is 33.6 Å². The molecular weight excluding hydrogens is 435 g/mol. The highest BCUT2D eigenvalue weighted by Crippen LogP contribution is 2.28. The number of anilines is 1. The SMILES string of the molecule is CC(C)(C)OC(=O)N1CCC[C@H](CNc2nc(-c3c[nH]c4ncc(Cl)cc34)ncc2F)C1. The largest absolute Gasteiger partial charge is 0.444 e. The molecule has 3 aromatic rings. The van der Waals surface area contributed by atoms with Crippen LogP contribution in [0.2, 0.25) is 5.02 Å². The fraction of sp³-hybridized carbons (Fsp3) is 0.455. The van der Waals surface area contributed by atoms with Crippen LogP contribution in [0.4, 0.5) is 15.0 Å². The summed E-state index contributed by atoms with van der Waals surface area (Å²) in [6.45, 7) is 7.24. The number of H-pyrrole nitrogens is 1. The second kappa shape index (κ2) is 8.90. The van der Waals surface area contributed by atoms with Crippen molar-refractivity contribution in [2.75, 3.05) is 25.0 Å². The molecule has 1 fully saturated rings. The highest BCUT2D eigenvalue weighted by atomic mass is 35.5. The van der Waals surface area contributed by atoms with Gasteiger partial charge < -0.3 is 19.9 Å². The van der Waals surface area contributed by atoms with E-state index in [0.29, 0.717) is 41.7 Å². The molecule has 0 bridgehead atoms. The van der Waals surface area contributed by atoms with Crippen molar-refractivity contribution in [1.82, 2.24) is 24.8 Å². The summed E-state index contributed by atoms with van der Waals surface area (Å²) >= 11 is 6.07. The summed E-state index contributed by atoms with van der Waals surface area (Å²) in [4.78, 5) is 29.9. The number of fused-ring (bicyclic) bond motifs is 1. The quantitative estimate of drug-likeness (QED) is 0.576. The van der Waals surface area contributed by atoms with Gasteiger partial charge in [0, 0.05) is 43.0 Å². The minimum atomic E-state index is -0.537. The summed E-state index contributed by atoms with van der Waals surface area (Å²) in [5.74, 6) is 0.103. The van der Waals surface area contributed by atoms with Crippen LogP contribution in [0.3, 0.4) is 0 Å². The van der Waals surface area contributed by atoms with Crippen LogP contribution in [-0.2, 0) is 4.74 Å². The Kier molecular flexibility index (Phi) is 6.19. The first kappa shape index (κ1) is 22.3. The van der Waals surface area contributed by atoms with E-state index in [-0.39, 0.29) is 17.8 Å². The van der Waals surface area contributed by atoms with Crippen LogP contribution in [0, 0.1) is 11.7 Å². The molecule has 4 heterocycles. The van der Waals surface area contributed by atoms with E-state index >= 15 is 0 Å². The first-order valence-corrected chi connectivity index (χ1v) is 10.9. The Labute approximate surface area is 190 Å². The third-order valence-corrected chi connectivity index (χ3v) is 5.42. The number of hydrogen-bond donors (Lipinski definition) is 2. The number of ether oxygens (including phenoxy) is 1. The zero-order chi connectivity index (χ0) is 22.9. The van der Waals surface area contributed by atoms with Crippen molar-refractivity contribution in [2.24, 2.45) is 5.92 Å². The first-order valence-electron chi connectivity index (χ1n) is 10.6. The number of hydrogen-bond acceptors (Lipinski definition) is 6. The fourth-order valence-electron chi connectivity index (χ4n) is 3.75. The summed E-state index contributed by atoms with van der Waals surface area (Å²) < 4.78 is 19.9.